The number of hydrogen-bond acceptors (Lipinski definition) is 22. The Balaban J connectivity index is 0.915. The zero-order valence-corrected chi connectivity index (χ0v) is 70.4. The summed E-state index contributed by atoms with van der Waals surface area (Å²) in [5.41, 5.74) is -2.74. The maximum Gasteiger partial charge on any atom is 0.222 e. The van der Waals surface area contributed by atoms with E-state index in [0.29, 0.717) is 201 Å². The van der Waals surface area contributed by atoms with Crippen molar-refractivity contribution in [1.29, 1.82) is 0 Å². The summed E-state index contributed by atoms with van der Waals surface area (Å²) < 4.78 is 61.1. The molecule has 12 atom stereocenters. The number of fused-ring (bicyclic) bond motifs is 6. The number of ketones is 1. The third-order valence-corrected chi connectivity index (χ3v) is 22.4. The average molecular weight is 1630 g/mol. The molecule has 3 aliphatic carbocycles. The van der Waals surface area contributed by atoms with E-state index in [1.54, 1.807) is 7.11 Å². The standard InChI is InChI=1S/C83H144N10O22/c1-60(94)90-63-30-34-83(51-65(63)114-59-83)115-68-50-81(49-67(113-55-81)78(68)92-62(3)96)53-108-43-21-18-28-72(101)86-37-24-40-89-75(104)33-46-111-58-82(56-109-44-31-73(102)87-38-22-35-84-70(99)26-16-19-41-106-7,93-76(105)29-15-13-11-9-8-10-12-14-25-69(98)79(4,5)6)57-110-45-32-74(103)88-39-23-36-85-71(100)27-17-20-42-107-52-80-47-64(97)77(91-61(2)95)66(48-80)112-54-80/h63-68,77-78,97H,8-59H2,1-7H3,(H,84,99)(H,85,100)(H,86,101)(H,87,102)(H,88,103)(H,89,104)(H,90,94)(H,91,95)(H,92,96)(H,93,105)/t63-,64+,65-,66-,67-,68+,77-,78+,80+,81-,82?,83-/m1/s1. The highest BCUT2D eigenvalue weighted by atomic mass is 16.6. The maximum atomic E-state index is 14.0. The van der Waals surface area contributed by atoms with Gasteiger partial charge in [-0.2, -0.15) is 0 Å². The minimum atomic E-state index is -1.32. The van der Waals surface area contributed by atoms with Crippen LogP contribution in [-0.4, -0.2) is 269 Å². The van der Waals surface area contributed by atoms with Crippen LogP contribution in [0.3, 0.4) is 0 Å². The smallest absolute Gasteiger partial charge is 0.222 e. The maximum absolute atomic E-state index is 14.0. The minimum absolute atomic E-state index is 0.00637. The van der Waals surface area contributed by atoms with E-state index in [4.69, 9.17) is 47.4 Å². The van der Waals surface area contributed by atoms with Crippen LogP contribution in [0.2, 0.25) is 0 Å². The highest BCUT2D eigenvalue weighted by Crippen LogP contribution is 2.49. The minimum Gasteiger partial charge on any atom is -0.391 e. The van der Waals surface area contributed by atoms with Crippen LogP contribution in [-0.2, 0) is 100 Å². The summed E-state index contributed by atoms with van der Waals surface area (Å²) in [6, 6.07) is -0.798. The van der Waals surface area contributed by atoms with Gasteiger partial charge in [-0.05, 0) is 109 Å². The molecule has 10 amide bonds. The molecule has 1 unspecified atom stereocenters. The number of aliphatic hydroxyl groups excluding tert-OH is 1. The average Bonchev–Trinajstić information content (AvgIpc) is 1.61. The summed E-state index contributed by atoms with van der Waals surface area (Å²) in [5.74, 6) is -1.57. The van der Waals surface area contributed by atoms with Crippen molar-refractivity contribution in [3.8, 4) is 0 Å². The first-order chi connectivity index (χ1) is 55.1. The Morgan fingerprint density at radius 2 is 0.791 bits per heavy atom. The van der Waals surface area contributed by atoms with Gasteiger partial charge < -0.3 is 106 Å². The molecule has 3 saturated heterocycles. The fraction of sp³-hybridized carbons (Fsp3) is 0.867. The molecule has 6 bridgehead atoms. The van der Waals surface area contributed by atoms with Gasteiger partial charge in [0.15, 0.2) is 0 Å². The number of hydrogen-bond donors (Lipinski definition) is 11. The third kappa shape index (κ3) is 38.3. The second-order valence-electron chi connectivity index (χ2n) is 34.1. The summed E-state index contributed by atoms with van der Waals surface area (Å²) in [7, 11) is 1.62. The summed E-state index contributed by atoms with van der Waals surface area (Å²) in [6.07, 6.45) is 17.7. The van der Waals surface area contributed by atoms with E-state index < -0.39 is 23.3 Å². The molecule has 658 valence electrons. The van der Waals surface area contributed by atoms with Gasteiger partial charge in [-0.3, -0.25) is 52.7 Å². The Labute approximate surface area is 682 Å². The van der Waals surface area contributed by atoms with Gasteiger partial charge >= 0.3 is 0 Å². The van der Waals surface area contributed by atoms with Crippen LogP contribution in [0.5, 0.6) is 0 Å². The van der Waals surface area contributed by atoms with Gasteiger partial charge in [-0.15, -0.1) is 0 Å². The van der Waals surface area contributed by atoms with E-state index in [0.717, 1.165) is 70.6 Å². The number of methoxy groups -OCH3 is 1. The fourth-order valence-electron chi connectivity index (χ4n) is 16.1. The number of carbonyl (C=O) groups is 11. The molecule has 0 spiro atoms. The van der Waals surface area contributed by atoms with Crippen LogP contribution in [0.4, 0.5) is 0 Å². The van der Waals surface area contributed by atoms with E-state index in [9.17, 15) is 57.8 Å². The molecule has 0 aromatic rings. The summed E-state index contributed by atoms with van der Waals surface area (Å²) in [6.45, 7) is 15.5. The number of amides is 10. The van der Waals surface area contributed by atoms with Gasteiger partial charge in [0.25, 0.3) is 0 Å². The molecule has 6 fully saturated rings. The zero-order valence-electron chi connectivity index (χ0n) is 70.4. The molecule has 3 heterocycles. The van der Waals surface area contributed by atoms with E-state index in [-0.39, 0.29) is 183 Å². The molecule has 3 saturated carbocycles. The fourth-order valence-corrected chi connectivity index (χ4v) is 16.1. The van der Waals surface area contributed by atoms with Gasteiger partial charge in [0.1, 0.15) is 11.3 Å². The molecule has 11 N–H and O–H groups in total. The van der Waals surface area contributed by atoms with Crippen LogP contribution in [0.15, 0.2) is 0 Å². The number of carbonyl (C=O) groups excluding carboxylic acids is 11. The van der Waals surface area contributed by atoms with Gasteiger partial charge in [0.2, 0.25) is 59.1 Å². The molecule has 115 heavy (non-hydrogen) atoms. The molecule has 3 aliphatic heterocycles. The van der Waals surface area contributed by atoms with Crippen LogP contribution < -0.4 is 53.2 Å². The predicted molar refractivity (Wildman–Crippen MR) is 428 cm³/mol. The molecular formula is C83H144N10O22. The second-order valence-corrected chi connectivity index (χ2v) is 34.1. The first-order valence-corrected chi connectivity index (χ1v) is 43.0. The Hall–Kier alpha value is -6.07. The van der Waals surface area contributed by atoms with E-state index >= 15 is 0 Å². The molecule has 32 heteroatoms. The Morgan fingerprint density at radius 1 is 0.400 bits per heavy atom. The Morgan fingerprint density at radius 3 is 1.24 bits per heavy atom. The van der Waals surface area contributed by atoms with Crippen LogP contribution in [0.1, 0.15) is 247 Å². The van der Waals surface area contributed by atoms with Crippen LogP contribution in [0.25, 0.3) is 0 Å². The monoisotopic (exact) mass is 1630 g/mol. The van der Waals surface area contributed by atoms with E-state index in [2.05, 4.69) is 53.2 Å². The van der Waals surface area contributed by atoms with Crippen molar-refractivity contribution in [1.82, 2.24) is 53.2 Å². The van der Waals surface area contributed by atoms with Crippen molar-refractivity contribution in [3.05, 3.63) is 0 Å². The number of Topliss-reactive ketones (excluding diaryl/α,β-unsaturated/α-hetero) is 1. The van der Waals surface area contributed by atoms with E-state index in [1.807, 2.05) is 20.8 Å². The van der Waals surface area contributed by atoms with E-state index in [1.165, 1.54) is 20.8 Å². The zero-order chi connectivity index (χ0) is 83.4. The van der Waals surface area contributed by atoms with Gasteiger partial charge in [0.05, 0.1) is 127 Å². The number of unbranched alkanes of at least 4 members (excludes halogenated alkanes) is 10. The number of aliphatic hydroxyl groups is 1. The first kappa shape index (κ1) is 97.8. The SMILES string of the molecule is COCCCCC(=O)NCCCNC(=O)CCOCC(COCCC(=O)NCCCNC(=O)CCCCOC[C@@]12CO[C@H](C1)[C@H](NC(C)=O)[C@@H](O[C@]13CC[C@@H](NC(C)=O)[C@@H](C1)OC3)C2)(COCCC(=O)NCCCNC(=O)CCCCOC[C@@]12CO[C@H](C1)[C@H](NC(C)=O)[C@@H](O)C2)NC(=O)CCCCCCCCCCC(=O)C(C)(C)C. The van der Waals surface area contributed by atoms with Crippen LogP contribution >= 0.6 is 0 Å². The molecule has 0 aromatic heterocycles. The summed E-state index contributed by atoms with van der Waals surface area (Å²) in [5, 5.41) is 40.1. The van der Waals surface area contributed by atoms with Crippen molar-refractivity contribution in [2.24, 2.45) is 16.2 Å². The lowest BCUT2D eigenvalue weighted by Crippen LogP contribution is -2.59. The molecule has 6 aliphatic rings. The lowest BCUT2D eigenvalue weighted by Gasteiger charge is -2.45. The first-order valence-electron chi connectivity index (χ1n) is 43.0. The van der Waals surface area contributed by atoms with Crippen molar-refractivity contribution >= 4 is 64.9 Å². The molecule has 0 radical (unpaired) electrons. The van der Waals surface area contributed by atoms with Crippen molar-refractivity contribution in [2.75, 3.05) is 139 Å². The molecular weight excluding hydrogens is 1490 g/mol. The summed E-state index contributed by atoms with van der Waals surface area (Å²) in [4.78, 5) is 139. The lowest BCUT2D eigenvalue weighted by molar-refractivity contribution is -0.150. The Bertz CT molecular complexity index is 2990. The topological polar surface area (TPSA) is 421 Å². The summed E-state index contributed by atoms with van der Waals surface area (Å²) >= 11 is 0. The largest absolute Gasteiger partial charge is 0.391 e. The highest BCUT2D eigenvalue weighted by molar-refractivity contribution is 5.83. The molecule has 0 aromatic carbocycles. The van der Waals surface area contributed by atoms with Crippen LogP contribution in [0, 0.1) is 16.2 Å². The van der Waals surface area contributed by atoms with Gasteiger partial charge in [-0.25, -0.2) is 0 Å². The second kappa shape index (κ2) is 52.8. The lowest BCUT2D eigenvalue weighted by atomic mass is 9.72. The van der Waals surface area contributed by atoms with Gasteiger partial charge in [-0.1, -0.05) is 59.3 Å². The van der Waals surface area contributed by atoms with Crippen molar-refractivity contribution in [3.63, 3.8) is 0 Å². The third-order valence-electron chi connectivity index (χ3n) is 22.4. The van der Waals surface area contributed by atoms with Gasteiger partial charge in [0, 0.05) is 161 Å². The predicted octanol–water partition coefficient (Wildman–Crippen LogP) is 4.58. The van der Waals surface area contributed by atoms with Crippen molar-refractivity contribution in [2.45, 2.75) is 307 Å². The number of rotatable bonds is 63. The molecule has 6 rings (SSSR count). The number of ether oxygens (including phenoxy) is 10. The normalized spacial score (nSPS) is 24.4. The Kier molecular flexibility index (Phi) is 44.9. The number of nitrogens with one attached hydrogen (secondary N) is 10. The highest BCUT2D eigenvalue weighted by Gasteiger charge is 2.57. The molecule has 32 nitrogen and oxygen atoms in total. The quantitative estimate of drug-likeness (QED) is 0.0371. The van der Waals surface area contributed by atoms with Crippen molar-refractivity contribution < 1.29 is 105 Å².